The van der Waals surface area contributed by atoms with Crippen LogP contribution >= 0.6 is 0 Å². The minimum atomic E-state index is -0.590. The fourth-order valence-electron chi connectivity index (χ4n) is 1.86. The number of carbonyl (C=O) groups is 1. The zero-order chi connectivity index (χ0) is 13.2. The molecule has 0 N–H and O–H groups in total. The van der Waals surface area contributed by atoms with Gasteiger partial charge >= 0.3 is 29.6 Å². The van der Waals surface area contributed by atoms with Crippen molar-refractivity contribution in [3.63, 3.8) is 0 Å². The van der Waals surface area contributed by atoms with Gasteiger partial charge in [0.25, 0.3) is 0 Å². The SMILES string of the molecule is O=C(c1ccccc1)c1nc2ccccc2[n-]c1=O.[Na+]. The first-order valence-electron chi connectivity index (χ1n) is 5.79. The number of ketones is 1. The van der Waals surface area contributed by atoms with Gasteiger partial charge in [0.2, 0.25) is 5.78 Å². The standard InChI is InChI=1S/C15H10N2O2.Na/c18-14(10-6-2-1-3-7-10)13-15(19)17-12-9-5-4-8-11(12)16-13;/h1-9H,(H,17,18,19);/q;+1/p-1. The minimum absolute atomic E-state index is 0. The third-order valence-corrected chi connectivity index (χ3v) is 2.79. The number of nitrogens with zero attached hydrogens (tertiary/aromatic N) is 2. The zero-order valence-corrected chi connectivity index (χ0v) is 12.9. The Labute approximate surface area is 137 Å². The van der Waals surface area contributed by atoms with E-state index in [4.69, 9.17) is 0 Å². The molecule has 0 aliphatic rings. The molecule has 0 fully saturated rings. The summed E-state index contributed by atoms with van der Waals surface area (Å²) in [7, 11) is 0. The molecule has 0 saturated heterocycles. The van der Waals surface area contributed by atoms with Crippen molar-refractivity contribution in [2.75, 3.05) is 0 Å². The Morgan fingerprint density at radius 2 is 1.60 bits per heavy atom. The third kappa shape index (κ3) is 2.72. The quantitative estimate of drug-likeness (QED) is 0.434. The summed E-state index contributed by atoms with van der Waals surface area (Å²) in [5.74, 6) is -0.399. The summed E-state index contributed by atoms with van der Waals surface area (Å²) < 4.78 is 0. The van der Waals surface area contributed by atoms with Crippen molar-refractivity contribution in [2.45, 2.75) is 0 Å². The van der Waals surface area contributed by atoms with Crippen molar-refractivity contribution >= 4 is 16.8 Å². The van der Waals surface area contributed by atoms with Gasteiger partial charge in [0, 0.05) is 11.1 Å². The molecule has 2 aromatic carbocycles. The molecule has 0 amide bonds. The third-order valence-electron chi connectivity index (χ3n) is 2.79. The second kappa shape index (κ2) is 6.13. The largest absolute Gasteiger partial charge is 1.00 e. The molecule has 0 aliphatic carbocycles. The van der Waals surface area contributed by atoms with Crippen LogP contribution in [-0.2, 0) is 0 Å². The molecular weight excluding hydrogens is 263 g/mol. The molecule has 0 saturated carbocycles. The van der Waals surface area contributed by atoms with Gasteiger partial charge in [-0.25, -0.2) is 4.98 Å². The molecule has 4 nitrogen and oxygen atoms in total. The van der Waals surface area contributed by atoms with Crippen LogP contribution in [0.1, 0.15) is 16.1 Å². The molecule has 0 spiro atoms. The predicted molar refractivity (Wildman–Crippen MR) is 71.2 cm³/mol. The van der Waals surface area contributed by atoms with Crippen molar-refractivity contribution in [3.05, 3.63) is 76.2 Å². The van der Waals surface area contributed by atoms with Crippen molar-refractivity contribution in [3.8, 4) is 0 Å². The van der Waals surface area contributed by atoms with Crippen molar-refractivity contribution in [1.82, 2.24) is 9.97 Å². The molecule has 1 aromatic heterocycles. The van der Waals surface area contributed by atoms with Crippen molar-refractivity contribution in [1.29, 1.82) is 0 Å². The normalized spacial score (nSPS) is 10.0. The van der Waals surface area contributed by atoms with Gasteiger partial charge in [0.05, 0.1) is 0 Å². The van der Waals surface area contributed by atoms with Crippen LogP contribution in [0.4, 0.5) is 0 Å². The van der Waals surface area contributed by atoms with Gasteiger partial charge in [0.15, 0.2) is 0 Å². The number of carbonyl (C=O) groups excluding carboxylic acids is 1. The monoisotopic (exact) mass is 272 g/mol. The molecule has 3 rings (SSSR count). The Balaban J connectivity index is 0.00000147. The van der Waals surface area contributed by atoms with E-state index >= 15 is 0 Å². The van der Waals surface area contributed by atoms with E-state index in [-0.39, 0.29) is 35.3 Å². The van der Waals surface area contributed by atoms with Crippen LogP contribution in [-0.4, -0.2) is 10.8 Å². The van der Waals surface area contributed by atoms with E-state index in [1.54, 1.807) is 54.6 Å². The van der Waals surface area contributed by atoms with Gasteiger partial charge in [-0.2, -0.15) is 0 Å². The molecule has 0 aliphatic heterocycles. The molecule has 92 valence electrons. The van der Waals surface area contributed by atoms with E-state index in [1.165, 1.54) is 0 Å². The maximum atomic E-state index is 12.2. The average Bonchev–Trinajstić information content (AvgIpc) is 2.47. The summed E-state index contributed by atoms with van der Waals surface area (Å²) in [5, 5.41) is 0. The number of hydrogen-bond donors (Lipinski definition) is 0. The fraction of sp³-hybridized carbons (Fsp3) is 0. The van der Waals surface area contributed by atoms with Gasteiger partial charge < -0.3 is 9.78 Å². The molecule has 0 bridgehead atoms. The van der Waals surface area contributed by atoms with E-state index in [0.717, 1.165) is 0 Å². The van der Waals surface area contributed by atoms with Gasteiger partial charge in [0.1, 0.15) is 11.3 Å². The van der Waals surface area contributed by atoms with E-state index in [0.29, 0.717) is 16.6 Å². The Bertz CT molecular complexity index is 813. The van der Waals surface area contributed by atoms with E-state index in [2.05, 4.69) is 9.97 Å². The molecule has 3 aromatic rings. The number of aromatic nitrogens is 2. The van der Waals surface area contributed by atoms with Crippen LogP contribution < -0.4 is 40.1 Å². The smallest absolute Gasteiger partial charge is 0.619 e. The van der Waals surface area contributed by atoms with Crippen LogP contribution in [0.5, 0.6) is 0 Å². The summed E-state index contributed by atoms with van der Waals surface area (Å²) in [6, 6.07) is 15.6. The fourth-order valence-corrected chi connectivity index (χ4v) is 1.86. The molecule has 5 heteroatoms. The number of para-hydroxylation sites is 2. The molecule has 0 unspecified atom stereocenters. The van der Waals surface area contributed by atoms with Crippen LogP contribution in [0.25, 0.3) is 11.0 Å². The molecule has 1 heterocycles. The maximum absolute atomic E-state index is 12.2. The Morgan fingerprint density at radius 1 is 0.950 bits per heavy atom. The number of benzene rings is 2. The summed E-state index contributed by atoms with van der Waals surface area (Å²) in [6.07, 6.45) is 0. The Hall–Kier alpha value is -1.75. The van der Waals surface area contributed by atoms with Gasteiger partial charge in [-0.3, -0.25) is 4.79 Å². The second-order valence-electron chi connectivity index (χ2n) is 4.06. The molecule has 0 atom stereocenters. The summed E-state index contributed by atoms with van der Waals surface area (Å²) in [6.45, 7) is 0. The topological polar surface area (TPSA) is 61.1 Å². The summed E-state index contributed by atoms with van der Waals surface area (Å²) >= 11 is 0. The Morgan fingerprint density at radius 3 is 2.35 bits per heavy atom. The van der Waals surface area contributed by atoms with Gasteiger partial charge in [-0.05, 0) is 6.07 Å². The van der Waals surface area contributed by atoms with Crippen molar-refractivity contribution in [2.24, 2.45) is 0 Å². The second-order valence-corrected chi connectivity index (χ2v) is 4.06. The first-order valence-corrected chi connectivity index (χ1v) is 5.79. The predicted octanol–water partition coefficient (Wildman–Crippen LogP) is -1.21. The number of rotatable bonds is 2. The van der Waals surface area contributed by atoms with Gasteiger partial charge in [-0.15, -0.1) is 5.52 Å². The molecule has 20 heavy (non-hydrogen) atoms. The van der Waals surface area contributed by atoms with Crippen LogP contribution in [0.15, 0.2) is 59.4 Å². The maximum Gasteiger partial charge on any atom is 1.00 e. The molecular formula is C15H9N2NaO2. The number of fused-ring (bicyclic) bond motifs is 1. The summed E-state index contributed by atoms with van der Waals surface area (Å²) in [4.78, 5) is 32.1. The van der Waals surface area contributed by atoms with Gasteiger partial charge in [-0.1, -0.05) is 48.5 Å². The van der Waals surface area contributed by atoms with E-state index in [9.17, 15) is 9.59 Å². The van der Waals surface area contributed by atoms with E-state index < -0.39 is 11.3 Å². The van der Waals surface area contributed by atoms with Crippen molar-refractivity contribution < 1.29 is 34.4 Å². The van der Waals surface area contributed by atoms with Crippen LogP contribution in [0.2, 0.25) is 0 Å². The minimum Gasteiger partial charge on any atom is -0.619 e. The summed E-state index contributed by atoms with van der Waals surface area (Å²) in [5.41, 5.74) is 0.750. The number of hydrogen-bond acceptors (Lipinski definition) is 3. The molecule has 0 radical (unpaired) electrons. The Kier molecular flexibility index (Phi) is 4.49. The van der Waals surface area contributed by atoms with E-state index in [1.807, 2.05) is 0 Å². The zero-order valence-electron chi connectivity index (χ0n) is 10.9. The van der Waals surface area contributed by atoms with Crippen LogP contribution in [0.3, 0.4) is 0 Å². The first kappa shape index (κ1) is 14.7. The van der Waals surface area contributed by atoms with Crippen LogP contribution in [0, 0.1) is 0 Å². The first-order chi connectivity index (χ1) is 9.25. The average molecular weight is 272 g/mol.